The first-order valence-electron chi connectivity index (χ1n) is 9.70. The summed E-state index contributed by atoms with van der Waals surface area (Å²) in [5.74, 6) is 0.334. The van der Waals surface area contributed by atoms with E-state index in [1.807, 2.05) is 24.3 Å². The number of benzene rings is 3. The molecule has 5 aromatic rings. The van der Waals surface area contributed by atoms with Gasteiger partial charge in [-0.15, -0.1) is 0 Å². The Bertz CT molecular complexity index is 1320. The number of aromatic nitrogens is 3. The lowest BCUT2D eigenvalue weighted by Gasteiger charge is -2.09. The van der Waals surface area contributed by atoms with Gasteiger partial charge in [0.2, 0.25) is 0 Å². The highest BCUT2D eigenvalue weighted by Gasteiger charge is 2.17. The molecule has 146 valence electrons. The third kappa shape index (κ3) is 3.31. The van der Waals surface area contributed by atoms with Gasteiger partial charge in [-0.3, -0.25) is 0 Å². The fourth-order valence-corrected chi connectivity index (χ4v) is 3.60. The Morgan fingerprint density at radius 1 is 0.867 bits per heavy atom. The number of aryl methyl sites for hydroxylation is 1. The largest absolute Gasteiger partial charge is 0.339 e. The number of anilines is 2. The van der Waals surface area contributed by atoms with Crippen LogP contribution < -0.4 is 5.32 Å². The summed E-state index contributed by atoms with van der Waals surface area (Å²) in [5.41, 5.74) is 5.70. The van der Waals surface area contributed by atoms with Crippen molar-refractivity contribution in [1.29, 1.82) is 0 Å². The summed E-state index contributed by atoms with van der Waals surface area (Å²) in [6.45, 7) is 2.07. The zero-order valence-electron chi connectivity index (χ0n) is 16.4. The molecule has 0 spiro atoms. The molecule has 2 aromatic heterocycles. The molecule has 0 aliphatic heterocycles. The lowest BCUT2D eigenvalue weighted by molar-refractivity contribution is 0.628. The molecule has 0 saturated carbocycles. The van der Waals surface area contributed by atoms with Crippen molar-refractivity contribution in [3.8, 4) is 16.8 Å². The second-order valence-corrected chi connectivity index (χ2v) is 7.17. The molecule has 1 N–H and O–H groups in total. The van der Waals surface area contributed by atoms with Gasteiger partial charge >= 0.3 is 0 Å². The van der Waals surface area contributed by atoms with E-state index in [1.54, 1.807) is 6.07 Å². The second-order valence-electron chi connectivity index (χ2n) is 7.17. The number of rotatable bonds is 4. The number of nitrogens with one attached hydrogen (secondary N) is 1. The Balaban J connectivity index is 1.74. The van der Waals surface area contributed by atoms with Crippen molar-refractivity contribution < 1.29 is 4.39 Å². The first-order valence-corrected chi connectivity index (χ1v) is 9.70. The zero-order valence-corrected chi connectivity index (χ0v) is 16.4. The summed E-state index contributed by atoms with van der Waals surface area (Å²) in [4.78, 5) is 9.06. The molecule has 30 heavy (non-hydrogen) atoms. The summed E-state index contributed by atoms with van der Waals surface area (Å²) in [7, 11) is 0. The van der Waals surface area contributed by atoms with Gasteiger partial charge in [0.15, 0.2) is 5.65 Å². The molecule has 0 saturated heterocycles. The molecule has 3 aromatic carbocycles. The van der Waals surface area contributed by atoms with E-state index in [-0.39, 0.29) is 5.82 Å². The molecule has 2 heterocycles. The van der Waals surface area contributed by atoms with Crippen molar-refractivity contribution in [2.75, 3.05) is 5.32 Å². The van der Waals surface area contributed by atoms with Crippen molar-refractivity contribution in [2.24, 2.45) is 0 Å². The Morgan fingerprint density at radius 2 is 1.67 bits per heavy atom. The van der Waals surface area contributed by atoms with Crippen molar-refractivity contribution in [3.63, 3.8) is 0 Å². The average Bonchev–Trinajstić information content (AvgIpc) is 3.16. The summed E-state index contributed by atoms with van der Waals surface area (Å²) in [5, 5.41) is 4.15. The molecule has 4 nitrogen and oxygen atoms in total. The SMILES string of the molecule is Cc1ccc(-n2cc(-c3ccccc3)c3c(Nc4cccc(F)c4)ncnc32)cc1. The van der Waals surface area contributed by atoms with Gasteiger partial charge in [0.05, 0.1) is 5.39 Å². The highest BCUT2D eigenvalue weighted by molar-refractivity contribution is 6.03. The zero-order chi connectivity index (χ0) is 20.5. The third-order valence-electron chi connectivity index (χ3n) is 5.07. The van der Waals surface area contributed by atoms with Gasteiger partial charge in [-0.05, 0) is 42.8 Å². The minimum absolute atomic E-state index is 0.300. The second kappa shape index (κ2) is 7.44. The molecule has 5 heteroatoms. The van der Waals surface area contributed by atoms with Crippen LogP contribution in [0.25, 0.3) is 27.8 Å². The van der Waals surface area contributed by atoms with Crippen molar-refractivity contribution >= 4 is 22.5 Å². The minimum Gasteiger partial charge on any atom is -0.339 e. The van der Waals surface area contributed by atoms with Gasteiger partial charge in [0.1, 0.15) is 18.0 Å². The Morgan fingerprint density at radius 3 is 2.43 bits per heavy atom. The van der Waals surface area contributed by atoms with Gasteiger partial charge in [0.25, 0.3) is 0 Å². The molecule has 0 aliphatic rings. The molecule has 0 bridgehead atoms. The van der Waals surface area contributed by atoms with Crippen molar-refractivity contribution in [1.82, 2.24) is 14.5 Å². The molecule has 0 radical (unpaired) electrons. The maximum absolute atomic E-state index is 13.7. The van der Waals surface area contributed by atoms with Gasteiger partial charge in [-0.25, -0.2) is 14.4 Å². The van der Waals surface area contributed by atoms with Gasteiger partial charge < -0.3 is 9.88 Å². The van der Waals surface area contributed by atoms with Crippen LogP contribution in [-0.2, 0) is 0 Å². The van der Waals surface area contributed by atoms with Gasteiger partial charge in [-0.1, -0.05) is 54.1 Å². The average molecular weight is 394 g/mol. The number of hydrogen-bond acceptors (Lipinski definition) is 3. The fraction of sp³-hybridized carbons (Fsp3) is 0.0400. The van der Waals surface area contributed by atoms with Crippen molar-refractivity contribution in [3.05, 3.63) is 103 Å². The van der Waals surface area contributed by atoms with Crippen LogP contribution in [0.4, 0.5) is 15.9 Å². The van der Waals surface area contributed by atoms with E-state index in [4.69, 9.17) is 0 Å². The van der Waals surface area contributed by atoms with Crippen LogP contribution in [-0.4, -0.2) is 14.5 Å². The van der Waals surface area contributed by atoms with E-state index in [0.29, 0.717) is 11.5 Å². The number of hydrogen-bond donors (Lipinski definition) is 1. The normalized spacial score (nSPS) is 11.0. The number of halogens is 1. The van der Waals surface area contributed by atoms with E-state index in [2.05, 4.69) is 69.4 Å². The summed E-state index contributed by atoms with van der Waals surface area (Å²) < 4.78 is 15.8. The van der Waals surface area contributed by atoms with E-state index in [1.165, 1.54) is 24.0 Å². The fourth-order valence-electron chi connectivity index (χ4n) is 3.60. The van der Waals surface area contributed by atoms with Gasteiger partial charge in [-0.2, -0.15) is 0 Å². The van der Waals surface area contributed by atoms with Crippen LogP contribution in [0.3, 0.4) is 0 Å². The molecular formula is C25H19FN4. The minimum atomic E-state index is -0.300. The van der Waals surface area contributed by atoms with Crippen LogP contribution in [0.15, 0.2) is 91.4 Å². The molecular weight excluding hydrogens is 375 g/mol. The molecule has 5 rings (SSSR count). The molecule has 0 amide bonds. The molecule has 0 fully saturated rings. The Hall–Kier alpha value is -3.99. The predicted molar refractivity (Wildman–Crippen MR) is 119 cm³/mol. The maximum Gasteiger partial charge on any atom is 0.150 e. The van der Waals surface area contributed by atoms with E-state index in [9.17, 15) is 4.39 Å². The van der Waals surface area contributed by atoms with Crippen LogP contribution in [0.2, 0.25) is 0 Å². The maximum atomic E-state index is 13.7. The quantitative estimate of drug-likeness (QED) is 0.390. The summed E-state index contributed by atoms with van der Waals surface area (Å²) in [6.07, 6.45) is 3.61. The first kappa shape index (κ1) is 18.1. The van der Waals surface area contributed by atoms with Crippen molar-refractivity contribution in [2.45, 2.75) is 6.92 Å². The molecule has 0 atom stereocenters. The highest BCUT2D eigenvalue weighted by atomic mass is 19.1. The summed E-state index contributed by atoms with van der Waals surface area (Å²) >= 11 is 0. The Labute approximate surface area is 173 Å². The van der Waals surface area contributed by atoms with Crippen LogP contribution in [0.1, 0.15) is 5.56 Å². The Kier molecular flexibility index (Phi) is 4.48. The lowest BCUT2D eigenvalue weighted by atomic mass is 10.1. The third-order valence-corrected chi connectivity index (χ3v) is 5.07. The van der Waals surface area contributed by atoms with E-state index < -0.39 is 0 Å². The molecule has 0 unspecified atom stereocenters. The first-order chi connectivity index (χ1) is 14.7. The van der Waals surface area contributed by atoms with Crippen LogP contribution in [0.5, 0.6) is 0 Å². The lowest BCUT2D eigenvalue weighted by Crippen LogP contribution is -1.98. The smallest absolute Gasteiger partial charge is 0.150 e. The van der Waals surface area contributed by atoms with E-state index in [0.717, 1.165) is 27.8 Å². The van der Waals surface area contributed by atoms with E-state index >= 15 is 0 Å². The molecule has 0 aliphatic carbocycles. The number of fused-ring (bicyclic) bond motifs is 1. The van der Waals surface area contributed by atoms with Gasteiger partial charge in [0, 0.05) is 23.1 Å². The number of nitrogens with zero attached hydrogens (tertiary/aromatic N) is 3. The standard InChI is InChI=1S/C25H19FN4/c1-17-10-12-21(13-11-17)30-15-22(18-6-3-2-4-7-18)23-24(27-16-28-25(23)30)29-20-9-5-8-19(26)14-20/h2-16H,1H3,(H,27,28,29). The predicted octanol–water partition coefficient (Wildman–Crippen LogP) is 6.28. The van der Waals surface area contributed by atoms with Crippen LogP contribution >= 0.6 is 0 Å². The monoisotopic (exact) mass is 394 g/mol. The topological polar surface area (TPSA) is 42.7 Å². The van der Waals surface area contributed by atoms with Crippen LogP contribution in [0, 0.1) is 12.7 Å². The summed E-state index contributed by atoms with van der Waals surface area (Å²) in [6, 6.07) is 24.8. The highest BCUT2D eigenvalue weighted by Crippen LogP contribution is 2.36.